The predicted octanol–water partition coefficient (Wildman–Crippen LogP) is 4.11. The van der Waals surface area contributed by atoms with Crippen LogP contribution in [0.25, 0.3) is 16.5 Å². The zero-order valence-corrected chi connectivity index (χ0v) is 24.6. The predicted molar refractivity (Wildman–Crippen MR) is 151 cm³/mol. The third-order valence-corrected chi connectivity index (χ3v) is 7.06. The van der Waals surface area contributed by atoms with E-state index in [-0.39, 0.29) is 58.1 Å². The second-order valence-corrected chi connectivity index (χ2v) is 11.6. The van der Waals surface area contributed by atoms with Crippen LogP contribution >= 0.6 is 0 Å². The molecule has 1 fully saturated rings. The Kier molecular flexibility index (Phi) is 9.56. The lowest BCUT2D eigenvalue weighted by molar-refractivity contribution is -0.137. The van der Waals surface area contributed by atoms with E-state index in [1.54, 1.807) is 6.92 Å². The van der Waals surface area contributed by atoms with Crippen LogP contribution in [0.2, 0.25) is 0 Å². The molecule has 1 atom stereocenters. The fraction of sp³-hybridized carbons (Fsp3) is 0.448. The van der Waals surface area contributed by atoms with E-state index in [1.165, 1.54) is 32.0 Å². The average Bonchev–Trinajstić information content (AvgIpc) is 3.29. The summed E-state index contributed by atoms with van der Waals surface area (Å²) in [6, 6.07) is 5.62. The quantitative estimate of drug-likeness (QED) is 0.130. The number of rotatable bonds is 12. The van der Waals surface area contributed by atoms with Crippen LogP contribution in [0.5, 0.6) is 5.75 Å². The molecule has 0 aliphatic heterocycles. The van der Waals surface area contributed by atoms with Crippen LogP contribution in [0.4, 0.5) is 22.0 Å². The first-order valence-corrected chi connectivity index (χ1v) is 13.9. The number of amides is 2. The smallest absolute Gasteiger partial charge is 0.417 e. The summed E-state index contributed by atoms with van der Waals surface area (Å²) < 4.78 is 77.6. The normalized spacial score (nSPS) is 18.3. The zero-order chi connectivity index (χ0) is 33.3. The van der Waals surface area contributed by atoms with Crippen molar-refractivity contribution in [1.29, 1.82) is 0 Å². The van der Waals surface area contributed by atoms with Crippen LogP contribution in [0.15, 0.2) is 42.4 Å². The van der Waals surface area contributed by atoms with Crippen molar-refractivity contribution in [3.8, 4) is 5.75 Å². The molecule has 2 heterocycles. The third-order valence-electron chi connectivity index (χ3n) is 7.06. The number of aromatic nitrogens is 3. The number of hydrogen-bond donors (Lipinski definition) is 4. The van der Waals surface area contributed by atoms with E-state index in [4.69, 9.17) is 20.9 Å². The number of carbonyl (C=O) groups excluding carboxylic acids is 2. The summed E-state index contributed by atoms with van der Waals surface area (Å²) >= 11 is 0. The highest BCUT2D eigenvalue weighted by Gasteiger charge is 2.34. The van der Waals surface area contributed by atoms with Gasteiger partial charge in [0.25, 0.3) is 11.8 Å². The molecule has 45 heavy (non-hydrogen) atoms. The largest absolute Gasteiger partial charge is 0.491 e. The lowest BCUT2D eigenvalue weighted by Gasteiger charge is -2.37. The summed E-state index contributed by atoms with van der Waals surface area (Å²) in [6.45, 7) is 1.72. The number of aliphatic hydroxyl groups is 1. The van der Waals surface area contributed by atoms with Crippen LogP contribution in [0, 0.1) is 5.92 Å². The van der Waals surface area contributed by atoms with Crippen molar-refractivity contribution in [2.24, 2.45) is 17.4 Å². The van der Waals surface area contributed by atoms with Gasteiger partial charge in [-0.3, -0.25) is 14.6 Å². The first kappa shape index (κ1) is 33.4. The fourth-order valence-corrected chi connectivity index (χ4v) is 4.92. The molecular formula is C29H33F5N6O5. The van der Waals surface area contributed by atoms with Gasteiger partial charge < -0.3 is 31.4 Å². The van der Waals surface area contributed by atoms with Crippen LogP contribution < -0.4 is 21.5 Å². The van der Waals surface area contributed by atoms with E-state index >= 15 is 0 Å². The molecule has 244 valence electrons. The highest BCUT2D eigenvalue weighted by molar-refractivity contribution is 6.18. The summed E-state index contributed by atoms with van der Waals surface area (Å²) in [7, 11) is 0. The molecule has 1 aliphatic rings. The molecule has 0 bridgehead atoms. The minimum Gasteiger partial charge on any atom is -0.491 e. The van der Waals surface area contributed by atoms with Crippen LogP contribution in [0.1, 0.15) is 68.3 Å². The number of benzene rings is 1. The molecule has 2 amide bonds. The minimum absolute atomic E-state index is 0.0116. The molecule has 16 heteroatoms. The SMILES string of the molecule is C[C@@H](CC1CC(OC(N)=C(C(N)=O)c2ccc(C(F)(F)F)cn2)C1)NC(=O)c1nn(C(F)F)c2cc(OCC(C)(C)O)ccc12. The molecule has 0 unspecified atom stereocenters. The van der Waals surface area contributed by atoms with Gasteiger partial charge >= 0.3 is 12.7 Å². The first-order valence-electron chi connectivity index (χ1n) is 13.9. The highest BCUT2D eigenvalue weighted by atomic mass is 19.4. The number of alkyl halides is 5. The topological polar surface area (TPSA) is 168 Å². The number of carbonyl (C=O) groups is 2. The molecule has 3 aromatic rings. The van der Waals surface area contributed by atoms with Crippen molar-refractivity contribution in [1.82, 2.24) is 20.1 Å². The Hall–Kier alpha value is -4.47. The Balaban J connectivity index is 1.35. The van der Waals surface area contributed by atoms with Crippen molar-refractivity contribution < 1.29 is 46.1 Å². The molecule has 0 saturated heterocycles. The molecule has 4 rings (SSSR count). The molecular weight excluding hydrogens is 607 g/mol. The number of nitrogens with zero attached hydrogens (tertiary/aromatic N) is 3. The van der Waals surface area contributed by atoms with Crippen molar-refractivity contribution in [2.45, 2.75) is 70.5 Å². The van der Waals surface area contributed by atoms with E-state index in [9.17, 15) is 36.6 Å². The Morgan fingerprint density at radius 3 is 2.40 bits per heavy atom. The maximum atomic E-state index is 13.7. The van der Waals surface area contributed by atoms with Crippen molar-refractivity contribution in [3.63, 3.8) is 0 Å². The van der Waals surface area contributed by atoms with Gasteiger partial charge in [-0.1, -0.05) is 0 Å². The summed E-state index contributed by atoms with van der Waals surface area (Å²) in [5.74, 6) is -1.74. The standard InChI is InChI=1S/C29H33F5N6O5/c1-14(38-26(42)23-19-6-5-17(44-13-28(2,3)43)11-21(19)40(39-23)27(30)31)8-15-9-18(10-15)45-25(36)22(24(35)41)20-7-4-16(12-37-20)29(32,33)34/h4-7,11-12,14-15,18,27,43H,8-10,13,36H2,1-3H3,(H2,35,41)(H,38,42)/t14-,15?,18?/m0/s1. The Labute approximate surface area is 254 Å². The van der Waals surface area contributed by atoms with E-state index in [2.05, 4.69) is 15.4 Å². The van der Waals surface area contributed by atoms with Crippen molar-refractivity contribution >= 4 is 28.3 Å². The molecule has 0 spiro atoms. The van der Waals surface area contributed by atoms with Crippen LogP contribution in [0.3, 0.4) is 0 Å². The lowest BCUT2D eigenvalue weighted by atomic mass is 9.78. The monoisotopic (exact) mass is 640 g/mol. The number of fused-ring (bicyclic) bond motifs is 1. The Bertz CT molecular complexity index is 1580. The lowest BCUT2D eigenvalue weighted by Crippen LogP contribution is -2.39. The maximum absolute atomic E-state index is 13.7. The van der Waals surface area contributed by atoms with E-state index in [0.717, 1.165) is 12.1 Å². The van der Waals surface area contributed by atoms with Gasteiger partial charge in [-0.2, -0.15) is 27.1 Å². The Morgan fingerprint density at radius 2 is 1.84 bits per heavy atom. The summed E-state index contributed by atoms with van der Waals surface area (Å²) in [4.78, 5) is 28.7. The zero-order valence-electron chi connectivity index (χ0n) is 24.6. The fourth-order valence-electron chi connectivity index (χ4n) is 4.92. The highest BCUT2D eigenvalue weighted by Crippen LogP contribution is 2.36. The van der Waals surface area contributed by atoms with Crippen molar-refractivity contribution in [2.75, 3.05) is 6.61 Å². The van der Waals surface area contributed by atoms with E-state index in [1.807, 2.05) is 0 Å². The van der Waals surface area contributed by atoms with Crippen LogP contribution in [-0.4, -0.2) is 56.0 Å². The summed E-state index contributed by atoms with van der Waals surface area (Å²) in [6.07, 6.45) is -2.98. The van der Waals surface area contributed by atoms with Gasteiger partial charge in [-0.05, 0) is 70.2 Å². The summed E-state index contributed by atoms with van der Waals surface area (Å²) in [5.41, 5.74) is 8.45. The number of ether oxygens (including phenoxy) is 2. The second-order valence-electron chi connectivity index (χ2n) is 11.6. The summed E-state index contributed by atoms with van der Waals surface area (Å²) in [5, 5.41) is 16.7. The van der Waals surface area contributed by atoms with Gasteiger partial charge in [0.1, 0.15) is 24.0 Å². The molecule has 11 nitrogen and oxygen atoms in total. The molecule has 2 aromatic heterocycles. The van der Waals surface area contributed by atoms with E-state index in [0.29, 0.717) is 30.1 Å². The van der Waals surface area contributed by atoms with Crippen LogP contribution in [-0.2, 0) is 15.7 Å². The number of halogens is 5. The van der Waals surface area contributed by atoms with Gasteiger partial charge in [0.2, 0.25) is 0 Å². The van der Waals surface area contributed by atoms with Crippen molar-refractivity contribution in [3.05, 3.63) is 59.4 Å². The third kappa shape index (κ3) is 8.17. The molecule has 6 N–H and O–H groups in total. The number of nitrogens with one attached hydrogen (secondary N) is 1. The molecule has 1 aliphatic carbocycles. The molecule has 1 saturated carbocycles. The number of primary amides is 1. The number of pyridine rings is 1. The first-order chi connectivity index (χ1) is 20.9. The maximum Gasteiger partial charge on any atom is 0.417 e. The second kappa shape index (κ2) is 12.9. The minimum atomic E-state index is -4.61. The average molecular weight is 641 g/mol. The van der Waals surface area contributed by atoms with Gasteiger partial charge in [0.15, 0.2) is 11.6 Å². The van der Waals surface area contributed by atoms with Gasteiger partial charge in [0, 0.05) is 23.7 Å². The molecule has 0 radical (unpaired) electrons. The Morgan fingerprint density at radius 1 is 1.16 bits per heavy atom. The van der Waals surface area contributed by atoms with Gasteiger partial charge in [-0.15, -0.1) is 0 Å². The van der Waals surface area contributed by atoms with E-state index < -0.39 is 41.8 Å². The van der Waals surface area contributed by atoms with Gasteiger partial charge in [-0.25, -0.2) is 4.68 Å². The van der Waals surface area contributed by atoms with Gasteiger partial charge in [0.05, 0.1) is 22.4 Å². The molecule has 1 aromatic carbocycles. The number of hydrogen-bond acceptors (Lipinski definition) is 8. The number of nitrogens with two attached hydrogens (primary N) is 2.